The fourth-order valence-electron chi connectivity index (χ4n) is 3.03. The lowest BCUT2D eigenvalue weighted by molar-refractivity contribution is -0.142. The van der Waals surface area contributed by atoms with E-state index in [4.69, 9.17) is 4.74 Å². The third kappa shape index (κ3) is 3.96. The molecule has 4 nitrogen and oxygen atoms in total. The maximum absolute atomic E-state index is 12.3. The van der Waals surface area contributed by atoms with E-state index in [1.54, 1.807) is 0 Å². The number of piperazine rings is 1. The van der Waals surface area contributed by atoms with Gasteiger partial charge in [-0.15, -0.1) is 0 Å². The second-order valence-electron chi connectivity index (χ2n) is 5.94. The molecule has 0 aliphatic carbocycles. The van der Waals surface area contributed by atoms with Crippen molar-refractivity contribution in [2.45, 2.75) is 18.9 Å². The summed E-state index contributed by atoms with van der Waals surface area (Å²) < 4.78 is 5.49. The zero-order chi connectivity index (χ0) is 15.2. The average Bonchev–Trinajstić information content (AvgIpc) is 3.10. The molecule has 22 heavy (non-hydrogen) atoms. The zero-order valence-corrected chi connectivity index (χ0v) is 13.0. The van der Waals surface area contributed by atoms with Crippen molar-refractivity contribution in [3.05, 3.63) is 42.0 Å². The van der Waals surface area contributed by atoms with Gasteiger partial charge in [-0.3, -0.25) is 9.69 Å². The number of hydrogen-bond donors (Lipinski definition) is 0. The molecule has 0 aromatic heterocycles. The maximum atomic E-state index is 12.3. The van der Waals surface area contributed by atoms with Crippen LogP contribution in [0.25, 0.3) is 6.08 Å². The van der Waals surface area contributed by atoms with E-state index in [2.05, 4.69) is 41.3 Å². The quantitative estimate of drug-likeness (QED) is 0.853. The summed E-state index contributed by atoms with van der Waals surface area (Å²) in [5.41, 5.74) is 1.23. The molecule has 118 valence electrons. The summed E-state index contributed by atoms with van der Waals surface area (Å²) in [7, 11) is 0. The molecule has 2 saturated heterocycles. The summed E-state index contributed by atoms with van der Waals surface area (Å²) in [5, 5.41) is 0. The van der Waals surface area contributed by atoms with E-state index in [9.17, 15) is 4.79 Å². The van der Waals surface area contributed by atoms with Crippen LogP contribution in [0.4, 0.5) is 0 Å². The van der Waals surface area contributed by atoms with Gasteiger partial charge in [-0.1, -0.05) is 42.5 Å². The van der Waals surface area contributed by atoms with Gasteiger partial charge < -0.3 is 9.64 Å². The summed E-state index contributed by atoms with van der Waals surface area (Å²) in [6.45, 7) is 5.20. The van der Waals surface area contributed by atoms with Gasteiger partial charge in [0.1, 0.15) is 6.10 Å². The number of ether oxygens (including phenoxy) is 1. The van der Waals surface area contributed by atoms with Crippen molar-refractivity contribution in [1.29, 1.82) is 0 Å². The van der Waals surface area contributed by atoms with Crippen LogP contribution in [0.2, 0.25) is 0 Å². The summed E-state index contributed by atoms with van der Waals surface area (Å²) in [4.78, 5) is 16.6. The minimum absolute atomic E-state index is 0.176. The Morgan fingerprint density at radius 1 is 1.18 bits per heavy atom. The third-order valence-corrected chi connectivity index (χ3v) is 4.36. The molecule has 2 fully saturated rings. The molecule has 3 rings (SSSR count). The minimum atomic E-state index is -0.176. The Labute approximate surface area is 132 Å². The van der Waals surface area contributed by atoms with Gasteiger partial charge in [0.15, 0.2) is 0 Å². The predicted molar refractivity (Wildman–Crippen MR) is 87.5 cm³/mol. The Morgan fingerprint density at radius 2 is 1.95 bits per heavy atom. The molecule has 2 aliphatic heterocycles. The second-order valence-corrected chi connectivity index (χ2v) is 5.94. The lowest BCUT2D eigenvalue weighted by atomic mass is 10.2. The Hall–Kier alpha value is -1.65. The fourth-order valence-corrected chi connectivity index (χ4v) is 3.03. The van der Waals surface area contributed by atoms with Crippen LogP contribution in [-0.2, 0) is 9.53 Å². The van der Waals surface area contributed by atoms with Crippen LogP contribution in [0.15, 0.2) is 36.4 Å². The van der Waals surface area contributed by atoms with E-state index in [0.29, 0.717) is 0 Å². The van der Waals surface area contributed by atoms with E-state index in [1.165, 1.54) is 5.56 Å². The van der Waals surface area contributed by atoms with Crippen molar-refractivity contribution >= 4 is 12.0 Å². The van der Waals surface area contributed by atoms with Crippen molar-refractivity contribution in [2.24, 2.45) is 0 Å². The summed E-state index contributed by atoms with van der Waals surface area (Å²) in [5.74, 6) is 0.192. The average molecular weight is 300 g/mol. The molecule has 2 heterocycles. The molecule has 0 bridgehead atoms. The molecule has 0 spiro atoms. The third-order valence-electron chi connectivity index (χ3n) is 4.36. The van der Waals surface area contributed by atoms with Gasteiger partial charge in [-0.2, -0.15) is 0 Å². The van der Waals surface area contributed by atoms with Crippen molar-refractivity contribution in [1.82, 2.24) is 9.80 Å². The molecule has 0 N–H and O–H groups in total. The second kappa shape index (κ2) is 7.56. The summed E-state index contributed by atoms with van der Waals surface area (Å²) >= 11 is 0. The number of benzene rings is 1. The van der Waals surface area contributed by atoms with Crippen LogP contribution in [0.5, 0.6) is 0 Å². The lowest BCUT2D eigenvalue weighted by Gasteiger charge is -2.35. The van der Waals surface area contributed by atoms with Crippen LogP contribution in [-0.4, -0.2) is 61.1 Å². The van der Waals surface area contributed by atoms with Crippen LogP contribution in [0, 0.1) is 0 Å². The maximum Gasteiger partial charge on any atom is 0.251 e. The van der Waals surface area contributed by atoms with Crippen LogP contribution in [0.1, 0.15) is 18.4 Å². The van der Waals surface area contributed by atoms with Gasteiger partial charge in [0, 0.05) is 39.3 Å². The minimum Gasteiger partial charge on any atom is -0.368 e. The summed E-state index contributed by atoms with van der Waals surface area (Å²) in [6.07, 6.45) is 6.08. The standard InChI is InChI=1S/C18H24N2O2/c21-18(17-9-5-15-22-17)20-13-11-19(12-14-20)10-4-8-16-6-2-1-3-7-16/h1-4,6-8,17H,5,9-15H2/b8-4+/t17-/m0/s1. The van der Waals surface area contributed by atoms with Crippen LogP contribution < -0.4 is 0 Å². The Kier molecular flexibility index (Phi) is 5.24. The lowest BCUT2D eigenvalue weighted by Crippen LogP contribution is -2.51. The van der Waals surface area contributed by atoms with Gasteiger partial charge in [-0.05, 0) is 18.4 Å². The highest BCUT2D eigenvalue weighted by Gasteiger charge is 2.29. The first-order chi connectivity index (χ1) is 10.8. The van der Waals surface area contributed by atoms with Gasteiger partial charge >= 0.3 is 0 Å². The number of rotatable bonds is 4. The molecule has 2 aliphatic rings. The van der Waals surface area contributed by atoms with Gasteiger partial charge in [0.25, 0.3) is 5.91 Å². The highest BCUT2D eigenvalue weighted by Crippen LogP contribution is 2.16. The SMILES string of the molecule is O=C([C@@H]1CCCO1)N1CCN(C/C=C/c2ccccc2)CC1. The smallest absolute Gasteiger partial charge is 0.251 e. The molecular weight excluding hydrogens is 276 g/mol. The van der Waals surface area contributed by atoms with Gasteiger partial charge in [0.05, 0.1) is 0 Å². The normalized spacial score (nSPS) is 23.3. The zero-order valence-electron chi connectivity index (χ0n) is 13.0. The van der Waals surface area contributed by atoms with Crippen molar-refractivity contribution in [2.75, 3.05) is 39.3 Å². The number of hydrogen-bond acceptors (Lipinski definition) is 3. The molecule has 1 amide bonds. The molecule has 0 unspecified atom stereocenters. The molecule has 1 atom stereocenters. The number of nitrogens with zero attached hydrogens (tertiary/aromatic N) is 2. The Morgan fingerprint density at radius 3 is 2.64 bits per heavy atom. The largest absolute Gasteiger partial charge is 0.368 e. The highest BCUT2D eigenvalue weighted by atomic mass is 16.5. The Balaban J connectivity index is 1.42. The van der Waals surface area contributed by atoms with Crippen LogP contribution in [0.3, 0.4) is 0 Å². The van der Waals surface area contributed by atoms with Crippen molar-refractivity contribution < 1.29 is 9.53 Å². The topological polar surface area (TPSA) is 32.8 Å². The van der Waals surface area contributed by atoms with Gasteiger partial charge in [-0.25, -0.2) is 0 Å². The fraction of sp³-hybridized carbons (Fsp3) is 0.500. The molecule has 4 heteroatoms. The first kappa shape index (κ1) is 15.3. The Bertz CT molecular complexity index is 501. The van der Waals surface area contributed by atoms with E-state index in [0.717, 1.165) is 52.2 Å². The number of amides is 1. The van der Waals surface area contributed by atoms with E-state index in [-0.39, 0.29) is 12.0 Å². The van der Waals surface area contributed by atoms with Gasteiger partial charge in [0.2, 0.25) is 0 Å². The van der Waals surface area contributed by atoms with Crippen LogP contribution >= 0.6 is 0 Å². The molecular formula is C18H24N2O2. The van der Waals surface area contributed by atoms with E-state index in [1.807, 2.05) is 11.0 Å². The summed E-state index contributed by atoms with van der Waals surface area (Å²) in [6, 6.07) is 10.3. The first-order valence-corrected chi connectivity index (χ1v) is 8.17. The number of carbonyl (C=O) groups is 1. The molecule has 0 saturated carbocycles. The van der Waals surface area contributed by atoms with E-state index >= 15 is 0 Å². The molecule has 0 radical (unpaired) electrons. The van der Waals surface area contributed by atoms with Crippen molar-refractivity contribution in [3.63, 3.8) is 0 Å². The highest BCUT2D eigenvalue weighted by molar-refractivity contribution is 5.81. The molecule has 1 aromatic carbocycles. The predicted octanol–water partition coefficient (Wildman–Crippen LogP) is 2.02. The monoisotopic (exact) mass is 300 g/mol. The van der Waals surface area contributed by atoms with E-state index < -0.39 is 0 Å². The van der Waals surface area contributed by atoms with Crippen molar-refractivity contribution in [3.8, 4) is 0 Å². The molecule has 1 aromatic rings. The first-order valence-electron chi connectivity index (χ1n) is 8.17. The number of carbonyl (C=O) groups excluding carboxylic acids is 1.